The summed E-state index contributed by atoms with van der Waals surface area (Å²) in [6.45, 7) is 0.557. The van der Waals surface area contributed by atoms with E-state index in [4.69, 9.17) is 10.7 Å². The second-order valence-corrected chi connectivity index (χ2v) is 9.18. The number of nitrogens with zero attached hydrogens (tertiary/aromatic N) is 3. The number of thioether (sulfide) groups is 1. The Hall–Kier alpha value is -3.56. The van der Waals surface area contributed by atoms with Crippen LogP contribution in [-0.4, -0.2) is 31.9 Å². The summed E-state index contributed by atoms with van der Waals surface area (Å²) >= 11 is 3.14. The molecule has 4 N–H and O–H groups in total. The predicted molar refractivity (Wildman–Crippen MR) is 131 cm³/mol. The van der Waals surface area contributed by atoms with E-state index in [1.807, 2.05) is 42.7 Å². The summed E-state index contributed by atoms with van der Waals surface area (Å²) in [6.07, 6.45) is 2.04. The van der Waals surface area contributed by atoms with Crippen molar-refractivity contribution in [2.45, 2.75) is 11.4 Å². The molecule has 2 heterocycles. The molecule has 0 bridgehead atoms. The van der Waals surface area contributed by atoms with E-state index >= 15 is 0 Å². The van der Waals surface area contributed by atoms with Crippen molar-refractivity contribution in [3.8, 4) is 0 Å². The van der Waals surface area contributed by atoms with Gasteiger partial charge in [-0.25, -0.2) is 14.8 Å². The van der Waals surface area contributed by atoms with Crippen LogP contribution < -0.4 is 11.1 Å². The molecule has 0 aliphatic carbocycles. The molecule has 5 aromatic rings. The SMILES string of the molecule is CSc1ccc(Nc2nc3cc(C(=O)O)ccc3n2Cc2ccc3nc(N)sc3c2)cc1. The lowest BCUT2D eigenvalue weighted by Gasteiger charge is -2.12. The second-order valence-electron chi connectivity index (χ2n) is 7.24. The number of carboxylic acid groups (broad SMARTS) is 1. The number of nitrogens with one attached hydrogen (secondary N) is 1. The summed E-state index contributed by atoms with van der Waals surface area (Å²) in [5.41, 5.74) is 10.4. The first-order valence-electron chi connectivity index (χ1n) is 9.80. The first kappa shape index (κ1) is 20.3. The summed E-state index contributed by atoms with van der Waals surface area (Å²) in [5.74, 6) is -0.333. The zero-order valence-electron chi connectivity index (χ0n) is 17.1. The van der Waals surface area contributed by atoms with Gasteiger partial charge in [0.25, 0.3) is 0 Å². The Kier molecular flexibility index (Phi) is 5.20. The third kappa shape index (κ3) is 3.88. The van der Waals surface area contributed by atoms with Gasteiger partial charge in [0.05, 0.1) is 33.4 Å². The number of aromatic nitrogens is 3. The second kappa shape index (κ2) is 8.18. The molecule has 2 aromatic heterocycles. The molecule has 0 aliphatic heterocycles. The summed E-state index contributed by atoms with van der Waals surface area (Å²) in [7, 11) is 0. The highest BCUT2D eigenvalue weighted by Gasteiger charge is 2.15. The normalized spacial score (nSPS) is 11.3. The van der Waals surface area contributed by atoms with Crippen LogP contribution >= 0.6 is 23.1 Å². The molecule has 0 spiro atoms. The quantitative estimate of drug-likeness (QED) is 0.289. The summed E-state index contributed by atoms with van der Waals surface area (Å²) in [6, 6.07) is 19.2. The van der Waals surface area contributed by atoms with E-state index in [0.29, 0.717) is 23.1 Å². The van der Waals surface area contributed by atoms with Crippen molar-refractivity contribution < 1.29 is 9.90 Å². The Morgan fingerprint density at radius 3 is 2.66 bits per heavy atom. The van der Waals surface area contributed by atoms with Crippen molar-refractivity contribution in [1.82, 2.24) is 14.5 Å². The van der Waals surface area contributed by atoms with E-state index in [1.54, 1.807) is 30.0 Å². The predicted octanol–water partition coefficient (Wildman–Crippen LogP) is 5.44. The van der Waals surface area contributed by atoms with Crippen molar-refractivity contribution in [3.05, 3.63) is 71.8 Å². The third-order valence-corrected chi connectivity index (χ3v) is 6.74. The van der Waals surface area contributed by atoms with E-state index < -0.39 is 5.97 Å². The van der Waals surface area contributed by atoms with Crippen molar-refractivity contribution in [2.24, 2.45) is 0 Å². The minimum Gasteiger partial charge on any atom is -0.478 e. The number of imidazole rings is 1. The van der Waals surface area contributed by atoms with Gasteiger partial charge >= 0.3 is 5.97 Å². The smallest absolute Gasteiger partial charge is 0.335 e. The molecule has 0 fully saturated rings. The Morgan fingerprint density at radius 2 is 1.91 bits per heavy atom. The van der Waals surface area contributed by atoms with Gasteiger partial charge in [-0.2, -0.15) is 0 Å². The molecule has 0 unspecified atom stereocenters. The fraction of sp³-hybridized carbons (Fsp3) is 0.0870. The highest BCUT2D eigenvalue weighted by atomic mass is 32.2. The number of fused-ring (bicyclic) bond motifs is 2. The highest BCUT2D eigenvalue weighted by molar-refractivity contribution is 7.98. The average Bonchev–Trinajstić information content (AvgIpc) is 3.32. The van der Waals surface area contributed by atoms with Crippen LogP contribution in [-0.2, 0) is 6.54 Å². The number of anilines is 3. The molecule has 5 rings (SSSR count). The molecular weight excluding hydrogens is 442 g/mol. The summed E-state index contributed by atoms with van der Waals surface area (Å²) < 4.78 is 3.08. The number of hydrogen-bond acceptors (Lipinski definition) is 7. The molecule has 3 aromatic carbocycles. The third-order valence-electron chi connectivity index (χ3n) is 5.15. The van der Waals surface area contributed by atoms with Crippen molar-refractivity contribution in [3.63, 3.8) is 0 Å². The van der Waals surface area contributed by atoms with Gasteiger partial charge < -0.3 is 20.7 Å². The zero-order chi connectivity index (χ0) is 22.2. The van der Waals surface area contributed by atoms with Crippen molar-refractivity contribution in [1.29, 1.82) is 0 Å². The number of benzene rings is 3. The molecule has 0 aliphatic rings. The number of hydrogen-bond donors (Lipinski definition) is 3. The minimum absolute atomic E-state index is 0.208. The minimum atomic E-state index is -0.975. The van der Waals surface area contributed by atoms with Gasteiger partial charge in [-0.3, -0.25) is 0 Å². The molecule has 32 heavy (non-hydrogen) atoms. The van der Waals surface area contributed by atoms with E-state index in [1.165, 1.54) is 16.2 Å². The number of carbonyl (C=O) groups is 1. The Morgan fingerprint density at radius 1 is 1.09 bits per heavy atom. The number of nitrogens with two attached hydrogens (primary N) is 1. The average molecular weight is 462 g/mol. The van der Waals surface area contributed by atoms with E-state index in [-0.39, 0.29) is 5.56 Å². The maximum atomic E-state index is 11.4. The maximum Gasteiger partial charge on any atom is 0.335 e. The zero-order valence-corrected chi connectivity index (χ0v) is 18.7. The lowest BCUT2D eigenvalue weighted by atomic mass is 10.2. The Balaban J connectivity index is 1.58. The van der Waals surface area contributed by atoms with Gasteiger partial charge in [0.2, 0.25) is 5.95 Å². The lowest BCUT2D eigenvalue weighted by Crippen LogP contribution is -2.05. The van der Waals surface area contributed by atoms with Gasteiger partial charge in [-0.1, -0.05) is 17.4 Å². The van der Waals surface area contributed by atoms with Gasteiger partial charge in [0.1, 0.15) is 0 Å². The lowest BCUT2D eigenvalue weighted by molar-refractivity contribution is 0.0697. The van der Waals surface area contributed by atoms with Crippen molar-refractivity contribution >= 4 is 67.1 Å². The van der Waals surface area contributed by atoms with E-state index in [9.17, 15) is 9.90 Å². The van der Waals surface area contributed by atoms with Crippen molar-refractivity contribution in [2.75, 3.05) is 17.3 Å². The first-order valence-corrected chi connectivity index (χ1v) is 11.8. The number of aromatic carboxylic acids is 1. The number of nitrogen functional groups attached to an aromatic ring is 1. The maximum absolute atomic E-state index is 11.4. The molecule has 9 heteroatoms. The van der Waals surface area contributed by atoms with Gasteiger partial charge in [-0.15, -0.1) is 11.8 Å². The molecule has 7 nitrogen and oxygen atoms in total. The monoisotopic (exact) mass is 461 g/mol. The molecule has 0 radical (unpaired) electrons. The van der Waals surface area contributed by atoms with Gasteiger partial charge in [-0.05, 0) is 66.4 Å². The van der Waals surface area contributed by atoms with Crippen LogP contribution in [0.25, 0.3) is 21.3 Å². The number of carboxylic acids is 1. The Bertz CT molecular complexity index is 1460. The van der Waals surface area contributed by atoms with Gasteiger partial charge in [0.15, 0.2) is 5.13 Å². The molecule has 160 valence electrons. The van der Waals surface area contributed by atoms with E-state index in [0.717, 1.165) is 27.0 Å². The van der Waals surface area contributed by atoms with Crippen LogP contribution in [0.3, 0.4) is 0 Å². The van der Waals surface area contributed by atoms with Crippen LogP contribution in [0.1, 0.15) is 15.9 Å². The highest BCUT2D eigenvalue weighted by Crippen LogP contribution is 2.29. The van der Waals surface area contributed by atoms with Crippen LogP contribution in [0.15, 0.2) is 65.6 Å². The number of rotatable bonds is 6. The first-order chi connectivity index (χ1) is 15.5. The molecule has 0 atom stereocenters. The summed E-state index contributed by atoms with van der Waals surface area (Å²) in [4.78, 5) is 21.6. The summed E-state index contributed by atoms with van der Waals surface area (Å²) in [5, 5.41) is 13.3. The molecule has 0 amide bonds. The van der Waals surface area contributed by atoms with Crippen LogP contribution in [0.4, 0.5) is 16.8 Å². The number of thiazole rings is 1. The Labute approximate surface area is 191 Å². The fourth-order valence-corrected chi connectivity index (χ4v) is 4.80. The van der Waals surface area contributed by atoms with E-state index in [2.05, 4.69) is 20.9 Å². The molecular formula is C23H19N5O2S2. The standard InChI is InChI=1S/C23H19N5O2S2/c1-31-16-6-4-15(5-7-16)25-23-27-18-11-14(21(29)30)3-9-19(18)28(23)12-13-2-8-17-20(10-13)32-22(24)26-17/h2-11H,12H2,1H3,(H2,24,26)(H,25,27)(H,29,30). The largest absolute Gasteiger partial charge is 0.478 e. The topological polar surface area (TPSA) is 106 Å². The van der Waals surface area contributed by atoms with Crippen LogP contribution in [0.2, 0.25) is 0 Å². The van der Waals surface area contributed by atoms with Gasteiger partial charge in [0, 0.05) is 10.6 Å². The van der Waals surface area contributed by atoms with Crippen LogP contribution in [0, 0.1) is 0 Å². The fourth-order valence-electron chi connectivity index (χ4n) is 3.59. The molecule has 0 saturated heterocycles. The van der Waals surface area contributed by atoms with Crippen LogP contribution in [0.5, 0.6) is 0 Å². The molecule has 0 saturated carbocycles.